The van der Waals surface area contributed by atoms with Crippen molar-refractivity contribution in [2.24, 2.45) is 0 Å². The first-order chi connectivity index (χ1) is 5.84. The molecular formula is C9H9NO2. The Kier molecular flexibility index (Phi) is 3.04. The van der Waals surface area contributed by atoms with Gasteiger partial charge in [-0.3, -0.25) is 10.0 Å². The molecule has 0 atom stereocenters. The maximum Gasteiger partial charge on any atom is 0.274 e. The Bertz CT molecular complexity index is 285. The number of nitrogens with one attached hydrogen (secondary N) is 1. The number of allylic oxidation sites excluding steroid dienone is 6. The van der Waals surface area contributed by atoms with E-state index in [1.165, 1.54) is 0 Å². The zero-order valence-electron chi connectivity index (χ0n) is 6.40. The van der Waals surface area contributed by atoms with Gasteiger partial charge in [0.05, 0.1) is 0 Å². The number of hydrogen-bond acceptors (Lipinski definition) is 2. The third-order valence-electron chi connectivity index (χ3n) is 1.36. The molecule has 0 saturated heterocycles. The summed E-state index contributed by atoms with van der Waals surface area (Å²) in [6, 6.07) is 0. The second-order valence-electron chi connectivity index (χ2n) is 2.19. The summed E-state index contributed by atoms with van der Waals surface area (Å²) >= 11 is 0. The third kappa shape index (κ3) is 2.21. The lowest BCUT2D eigenvalue weighted by molar-refractivity contribution is -0.124. The smallest absolute Gasteiger partial charge is 0.274 e. The predicted octanol–water partition coefficient (Wildman–Crippen LogP) is 1.10. The summed E-state index contributed by atoms with van der Waals surface area (Å²) in [5.74, 6) is -0.508. The van der Waals surface area contributed by atoms with E-state index in [2.05, 4.69) is 0 Å². The van der Waals surface area contributed by atoms with Gasteiger partial charge in [0.1, 0.15) is 0 Å². The van der Waals surface area contributed by atoms with Gasteiger partial charge in [-0.2, -0.15) is 0 Å². The van der Waals surface area contributed by atoms with Gasteiger partial charge >= 0.3 is 0 Å². The van der Waals surface area contributed by atoms with Crippen molar-refractivity contribution in [3.63, 3.8) is 0 Å². The minimum Gasteiger partial charge on any atom is -0.288 e. The van der Waals surface area contributed by atoms with Crippen LogP contribution in [0.1, 0.15) is 0 Å². The first-order valence-electron chi connectivity index (χ1n) is 3.51. The van der Waals surface area contributed by atoms with E-state index in [0.717, 1.165) is 0 Å². The summed E-state index contributed by atoms with van der Waals surface area (Å²) in [7, 11) is 0. The Labute approximate surface area is 70.4 Å². The summed E-state index contributed by atoms with van der Waals surface area (Å²) < 4.78 is 0. The second kappa shape index (κ2) is 4.31. The molecule has 3 heteroatoms. The summed E-state index contributed by atoms with van der Waals surface area (Å²) in [6.45, 7) is 0. The lowest BCUT2D eigenvalue weighted by atomic mass is 10.2. The van der Waals surface area contributed by atoms with Gasteiger partial charge in [-0.15, -0.1) is 0 Å². The fraction of sp³-hybridized carbons (Fsp3) is 0. The SMILES string of the molecule is O=C(NO)C1=CC=CC=CC=C1. The van der Waals surface area contributed by atoms with Gasteiger partial charge in [0.25, 0.3) is 5.91 Å². The molecule has 0 fully saturated rings. The normalized spacial score (nSPS) is 14.9. The van der Waals surface area contributed by atoms with Gasteiger partial charge in [0.2, 0.25) is 0 Å². The van der Waals surface area contributed by atoms with Gasteiger partial charge in [-0.05, 0) is 12.2 Å². The topological polar surface area (TPSA) is 49.3 Å². The van der Waals surface area contributed by atoms with E-state index in [1.54, 1.807) is 41.9 Å². The first-order valence-corrected chi connectivity index (χ1v) is 3.51. The molecule has 0 radical (unpaired) electrons. The highest BCUT2D eigenvalue weighted by atomic mass is 16.5. The minimum atomic E-state index is -0.508. The molecule has 0 spiro atoms. The van der Waals surface area contributed by atoms with E-state index in [4.69, 9.17) is 5.21 Å². The molecular weight excluding hydrogens is 154 g/mol. The third-order valence-corrected chi connectivity index (χ3v) is 1.36. The van der Waals surface area contributed by atoms with Crippen molar-refractivity contribution in [2.45, 2.75) is 0 Å². The van der Waals surface area contributed by atoms with Crippen LogP contribution in [-0.2, 0) is 4.79 Å². The Balaban J connectivity index is 2.82. The van der Waals surface area contributed by atoms with Crippen molar-refractivity contribution in [3.8, 4) is 0 Å². The molecule has 0 saturated carbocycles. The monoisotopic (exact) mass is 163 g/mol. The van der Waals surface area contributed by atoms with Crippen LogP contribution in [-0.4, -0.2) is 11.1 Å². The van der Waals surface area contributed by atoms with E-state index in [1.807, 2.05) is 6.08 Å². The van der Waals surface area contributed by atoms with E-state index >= 15 is 0 Å². The maximum atomic E-state index is 10.9. The average molecular weight is 163 g/mol. The van der Waals surface area contributed by atoms with Crippen LogP contribution >= 0.6 is 0 Å². The Morgan fingerprint density at radius 2 is 1.83 bits per heavy atom. The molecule has 0 aromatic rings. The van der Waals surface area contributed by atoms with Gasteiger partial charge in [0.15, 0.2) is 0 Å². The molecule has 0 aromatic heterocycles. The molecule has 1 amide bonds. The summed E-state index contributed by atoms with van der Waals surface area (Å²) in [4.78, 5) is 10.9. The lowest BCUT2D eigenvalue weighted by Crippen LogP contribution is -2.19. The molecule has 1 rings (SSSR count). The van der Waals surface area contributed by atoms with Gasteiger partial charge < -0.3 is 0 Å². The molecule has 0 aromatic carbocycles. The fourth-order valence-electron chi connectivity index (χ4n) is 0.782. The van der Waals surface area contributed by atoms with Crippen molar-refractivity contribution in [1.29, 1.82) is 0 Å². The van der Waals surface area contributed by atoms with E-state index in [0.29, 0.717) is 5.57 Å². The summed E-state index contributed by atoms with van der Waals surface area (Å²) in [5.41, 5.74) is 1.98. The molecule has 0 heterocycles. The van der Waals surface area contributed by atoms with Crippen molar-refractivity contribution in [1.82, 2.24) is 5.48 Å². The van der Waals surface area contributed by atoms with Crippen LogP contribution in [0.4, 0.5) is 0 Å². The van der Waals surface area contributed by atoms with Crippen molar-refractivity contribution >= 4 is 5.91 Å². The Morgan fingerprint density at radius 1 is 1.17 bits per heavy atom. The molecule has 0 bridgehead atoms. The van der Waals surface area contributed by atoms with E-state index < -0.39 is 5.91 Å². The van der Waals surface area contributed by atoms with Crippen LogP contribution in [0.3, 0.4) is 0 Å². The molecule has 62 valence electrons. The van der Waals surface area contributed by atoms with Gasteiger partial charge in [-0.1, -0.05) is 30.4 Å². The van der Waals surface area contributed by atoms with E-state index in [-0.39, 0.29) is 0 Å². The highest BCUT2D eigenvalue weighted by molar-refractivity contribution is 5.95. The van der Waals surface area contributed by atoms with Crippen molar-refractivity contribution < 1.29 is 10.0 Å². The first kappa shape index (κ1) is 8.49. The second-order valence-corrected chi connectivity index (χ2v) is 2.19. The molecule has 0 aliphatic heterocycles. The number of hydrogen-bond donors (Lipinski definition) is 2. The van der Waals surface area contributed by atoms with Crippen LogP contribution in [0, 0.1) is 0 Å². The number of hydroxylamine groups is 1. The van der Waals surface area contributed by atoms with Crippen LogP contribution < -0.4 is 5.48 Å². The highest BCUT2D eigenvalue weighted by Crippen LogP contribution is 2.00. The zero-order valence-corrected chi connectivity index (χ0v) is 6.40. The lowest BCUT2D eigenvalue weighted by Gasteiger charge is -1.97. The zero-order chi connectivity index (χ0) is 8.81. The maximum absolute atomic E-state index is 10.9. The molecule has 0 unspecified atom stereocenters. The van der Waals surface area contributed by atoms with Crippen LogP contribution in [0.2, 0.25) is 0 Å². The largest absolute Gasteiger partial charge is 0.288 e. The van der Waals surface area contributed by atoms with Crippen LogP contribution in [0.25, 0.3) is 0 Å². The average Bonchev–Trinajstić information content (AvgIpc) is 2.02. The quantitative estimate of drug-likeness (QED) is 0.449. The highest BCUT2D eigenvalue weighted by Gasteiger charge is 2.01. The number of amides is 1. The van der Waals surface area contributed by atoms with Gasteiger partial charge in [-0.25, -0.2) is 5.48 Å². The van der Waals surface area contributed by atoms with Crippen LogP contribution in [0.15, 0.2) is 48.1 Å². The number of rotatable bonds is 1. The molecule has 3 nitrogen and oxygen atoms in total. The molecule has 1 aliphatic rings. The standard InChI is InChI=1S/C9H9NO2/c11-9(10-12)8-6-4-2-1-3-5-7-8/h1-7,12H,(H,10,11). The van der Waals surface area contributed by atoms with Gasteiger partial charge in [0, 0.05) is 5.57 Å². The van der Waals surface area contributed by atoms with Crippen LogP contribution in [0.5, 0.6) is 0 Å². The van der Waals surface area contributed by atoms with Crippen molar-refractivity contribution in [3.05, 3.63) is 48.1 Å². The molecule has 2 N–H and O–H groups in total. The predicted molar refractivity (Wildman–Crippen MR) is 45.4 cm³/mol. The molecule has 1 aliphatic carbocycles. The minimum absolute atomic E-state index is 0.415. The number of carbonyl (C=O) groups is 1. The summed E-state index contributed by atoms with van der Waals surface area (Å²) in [5, 5.41) is 8.33. The molecule has 12 heavy (non-hydrogen) atoms. The summed E-state index contributed by atoms with van der Waals surface area (Å²) in [6.07, 6.45) is 12.1. The number of carbonyl (C=O) groups excluding carboxylic acids is 1. The Morgan fingerprint density at radius 3 is 2.58 bits per heavy atom. The fourth-order valence-corrected chi connectivity index (χ4v) is 0.782. The van der Waals surface area contributed by atoms with Crippen molar-refractivity contribution in [2.75, 3.05) is 0 Å². The van der Waals surface area contributed by atoms with E-state index in [9.17, 15) is 4.79 Å². The Hall–Kier alpha value is -1.61.